The van der Waals surface area contributed by atoms with Crippen molar-refractivity contribution in [3.63, 3.8) is 0 Å². The quantitative estimate of drug-likeness (QED) is 0.618. The van der Waals surface area contributed by atoms with Crippen LogP contribution in [0.3, 0.4) is 0 Å². The van der Waals surface area contributed by atoms with Crippen LogP contribution in [0.1, 0.15) is 71.1 Å². The molecule has 2 N–H and O–H groups in total. The number of nitrogens with two attached hydrogens (primary N) is 1. The molecule has 0 unspecified atom stereocenters. The molecule has 0 aromatic heterocycles. The number of nitrogens with zero attached hydrogens (tertiary/aromatic N) is 2. The second kappa shape index (κ2) is 7.01. The zero-order chi connectivity index (χ0) is 12.8. The molecule has 0 aromatic carbocycles. The van der Waals surface area contributed by atoms with Gasteiger partial charge >= 0.3 is 0 Å². The van der Waals surface area contributed by atoms with Gasteiger partial charge in [-0.1, -0.05) is 38.5 Å². The third kappa shape index (κ3) is 3.63. The lowest BCUT2D eigenvalue weighted by Crippen LogP contribution is -2.46. The number of hydrogen-bond donors (Lipinski definition) is 1. The van der Waals surface area contributed by atoms with Gasteiger partial charge in [-0.05, 0) is 32.6 Å². The zero-order valence-corrected chi connectivity index (χ0v) is 11.9. The first-order chi connectivity index (χ1) is 8.81. The minimum Gasteiger partial charge on any atom is -0.370 e. The number of hydrogen-bond acceptors (Lipinski definition) is 1. The average molecular weight is 251 g/mol. The van der Waals surface area contributed by atoms with Gasteiger partial charge in [-0.25, -0.2) is 4.99 Å². The van der Waals surface area contributed by atoms with Crippen LogP contribution in [0.5, 0.6) is 0 Å². The van der Waals surface area contributed by atoms with Crippen LogP contribution in [-0.2, 0) is 0 Å². The highest BCUT2D eigenvalue weighted by Crippen LogP contribution is 2.24. The van der Waals surface area contributed by atoms with Gasteiger partial charge in [-0.15, -0.1) is 0 Å². The van der Waals surface area contributed by atoms with Crippen LogP contribution in [0.15, 0.2) is 4.99 Å². The Labute approximate surface area is 112 Å². The van der Waals surface area contributed by atoms with E-state index in [4.69, 9.17) is 10.7 Å². The minimum absolute atomic E-state index is 0.497. The topological polar surface area (TPSA) is 41.6 Å². The summed E-state index contributed by atoms with van der Waals surface area (Å²) in [7, 11) is 0. The molecular weight excluding hydrogens is 222 g/mol. The molecule has 0 aliphatic heterocycles. The minimum atomic E-state index is 0.497. The van der Waals surface area contributed by atoms with Crippen molar-refractivity contribution in [1.82, 2.24) is 4.90 Å². The SMILES string of the molecule is CCN(C(N)=NC1CCCCC1)C1CCCCC1. The van der Waals surface area contributed by atoms with Gasteiger partial charge < -0.3 is 10.6 Å². The summed E-state index contributed by atoms with van der Waals surface area (Å²) >= 11 is 0. The summed E-state index contributed by atoms with van der Waals surface area (Å²) in [6.07, 6.45) is 13.2. The molecule has 3 nitrogen and oxygen atoms in total. The Morgan fingerprint density at radius 2 is 1.56 bits per heavy atom. The van der Waals surface area contributed by atoms with Gasteiger partial charge in [0.15, 0.2) is 5.96 Å². The first-order valence-electron chi connectivity index (χ1n) is 7.91. The number of aliphatic imine (C=N–C) groups is 1. The summed E-state index contributed by atoms with van der Waals surface area (Å²) in [4.78, 5) is 7.16. The van der Waals surface area contributed by atoms with Crippen LogP contribution < -0.4 is 5.73 Å². The van der Waals surface area contributed by atoms with E-state index in [0.29, 0.717) is 12.1 Å². The van der Waals surface area contributed by atoms with Crippen LogP contribution in [0, 0.1) is 0 Å². The Kier molecular flexibility index (Phi) is 5.33. The lowest BCUT2D eigenvalue weighted by atomic mass is 9.94. The third-order valence-electron chi connectivity index (χ3n) is 4.54. The molecule has 0 radical (unpaired) electrons. The van der Waals surface area contributed by atoms with E-state index >= 15 is 0 Å². The van der Waals surface area contributed by atoms with Gasteiger partial charge in [0.05, 0.1) is 6.04 Å². The number of rotatable bonds is 3. The Balaban J connectivity index is 1.94. The molecule has 0 bridgehead atoms. The largest absolute Gasteiger partial charge is 0.370 e. The summed E-state index contributed by atoms with van der Waals surface area (Å²) in [6.45, 7) is 3.21. The van der Waals surface area contributed by atoms with E-state index in [1.54, 1.807) is 0 Å². The molecule has 3 heteroatoms. The van der Waals surface area contributed by atoms with Crippen LogP contribution >= 0.6 is 0 Å². The van der Waals surface area contributed by atoms with E-state index in [9.17, 15) is 0 Å². The standard InChI is InChI=1S/C15H29N3/c1-2-18(14-11-7-4-8-12-14)15(16)17-13-9-5-3-6-10-13/h13-14H,2-12H2,1H3,(H2,16,17). The molecule has 0 spiro atoms. The van der Waals surface area contributed by atoms with Crippen molar-refractivity contribution < 1.29 is 0 Å². The molecule has 2 saturated carbocycles. The van der Waals surface area contributed by atoms with E-state index in [0.717, 1.165) is 12.5 Å². The Hall–Kier alpha value is -0.730. The van der Waals surface area contributed by atoms with Gasteiger partial charge in [0.2, 0.25) is 0 Å². The Morgan fingerprint density at radius 1 is 1.00 bits per heavy atom. The van der Waals surface area contributed by atoms with Gasteiger partial charge in [0.1, 0.15) is 0 Å². The van der Waals surface area contributed by atoms with Crippen LogP contribution in [0.4, 0.5) is 0 Å². The third-order valence-corrected chi connectivity index (χ3v) is 4.54. The fourth-order valence-corrected chi connectivity index (χ4v) is 3.47. The van der Waals surface area contributed by atoms with E-state index in [2.05, 4.69) is 11.8 Å². The van der Waals surface area contributed by atoms with Crippen molar-refractivity contribution in [2.75, 3.05) is 6.54 Å². The van der Waals surface area contributed by atoms with E-state index < -0.39 is 0 Å². The van der Waals surface area contributed by atoms with E-state index in [1.165, 1.54) is 64.2 Å². The van der Waals surface area contributed by atoms with Crippen molar-refractivity contribution in [1.29, 1.82) is 0 Å². The lowest BCUT2D eigenvalue weighted by Gasteiger charge is -2.35. The van der Waals surface area contributed by atoms with Crippen molar-refractivity contribution in [3.05, 3.63) is 0 Å². The summed E-state index contributed by atoms with van der Waals surface area (Å²) in [5.41, 5.74) is 6.27. The molecule has 2 aliphatic carbocycles. The molecule has 2 rings (SSSR count). The highest BCUT2D eigenvalue weighted by molar-refractivity contribution is 5.78. The smallest absolute Gasteiger partial charge is 0.191 e. The molecule has 0 aromatic rings. The Morgan fingerprint density at radius 3 is 2.11 bits per heavy atom. The van der Waals surface area contributed by atoms with Crippen LogP contribution in [0.25, 0.3) is 0 Å². The molecule has 18 heavy (non-hydrogen) atoms. The second-order valence-corrected chi connectivity index (χ2v) is 5.86. The summed E-state index contributed by atoms with van der Waals surface area (Å²) < 4.78 is 0. The first kappa shape index (κ1) is 13.7. The van der Waals surface area contributed by atoms with Crippen molar-refractivity contribution in [2.24, 2.45) is 10.7 Å². The molecule has 104 valence electrons. The normalized spacial score (nSPS) is 24.2. The molecule has 2 aliphatic rings. The highest BCUT2D eigenvalue weighted by Gasteiger charge is 2.22. The maximum Gasteiger partial charge on any atom is 0.191 e. The van der Waals surface area contributed by atoms with Crippen molar-refractivity contribution >= 4 is 5.96 Å². The van der Waals surface area contributed by atoms with Gasteiger partial charge in [-0.2, -0.15) is 0 Å². The average Bonchev–Trinajstić information content (AvgIpc) is 2.42. The molecule has 0 saturated heterocycles. The predicted molar refractivity (Wildman–Crippen MR) is 77.7 cm³/mol. The van der Waals surface area contributed by atoms with Crippen LogP contribution in [-0.4, -0.2) is 29.5 Å². The Bertz CT molecular complexity index is 263. The van der Waals surface area contributed by atoms with Gasteiger partial charge in [-0.3, -0.25) is 0 Å². The van der Waals surface area contributed by atoms with Gasteiger partial charge in [0.25, 0.3) is 0 Å². The molecular formula is C15H29N3. The predicted octanol–water partition coefficient (Wildman–Crippen LogP) is 3.29. The maximum atomic E-state index is 6.27. The summed E-state index contributed by atoms with van der Waals surface area (Å²) in [5, 5.41) is 0. The van der Waals surface area contributed by atoms with Crippen molar-refractivity contribution in [2.45, 2.75) is 83.2 Å². The van der Waals surface area contributed by atoms with E-state index in [1.807, 2.05) is 0 Å². The second-order valence-electron chi connectivity index (χ2n) is 5.86. The molecule has 0 heterocycles. The fraction of sp³-hybridized carbons (Fsp3) is 0.933. The first-order valence-corrected chi connectivity index (χ1v) is 7.91. The lowest BCUT2D eigenvalue weighted by molar-refractivity contribution is 0.248. The molecule has 0 amide bonds. The highest BCUT2D eigenvalue weighted by atomic mass is 15.3. The van der Waals surface area contributed by atoms with Gasteiger partial charge in [0, 0.05) is 12.6 Å². The van der Waals surface area contributed by atoms with Crippen molar-refractivity contribution in [3.8, 4) is 0 Å². The monoisotopic (exact) mass is 251 g/mol. The van der Waals surface area contributed by atoms with E-state index in [-0.39, 0.29) is 0 Å². The maximum absolute atomic E-state index is 6.27. The fourth-order valence-electron chi connectivity index (χ4n) is 3.47. The molecule has 2 fully saturated rings. The zero-order valence-electron chi connectivity index (χ0n) is 11.9. The van der Waals surface area contributed by atoms with Crippen LogP contribution in [0.2, 0.25) is 0 Å². The summed E-state index contributed by atoms with van der Waals surface area (Å²) in [6, 6.07) is 1.15. The molecule has 0 atom stereocenters. The number of guanidine groups is 1. The summed E-state index contributed by atoms with van der Waals surface area (Å²) in [5.74, 6) is 0.816.